The number of benzene rings is 1. The highest BCUT2D eigenvalue weighted by Crippen LogP contribution is 2.20. The van der Waals surface area contributed by atoms with Crippen molar-refractivity contribution >= 4 is 5.97 Å². The third-order valence-electron chi connectivity index (χ3n) is 3.09. The molecule has 0 aliphatic heterocycles. The molecular formula is C15H14N4O3. The predicted octanol–water partition coefficient (Wildman–Crippen LogP) is 2.15. The lowest BCUT2D eigenvalue weighted by Gasteiger charge is -2.09. The van der Waals surface area contributed by atoms with E-state index in [0.717, 1.165) is 5.75 Å². The molecule has 1 aromatic carbocycles. The Morgan fingerprint density at radius 2 is 1.91 bits per heavy atom. The number of hydrogen-bond donors (Lipinski definition) is 1. The molecule has 2 heterocycles. The van der Waals surface area contributed by atoms with Crippen LogP contribution >= 0.6 is 0 Å². The molecule has 3 rings (SSSR count). The highest BCUT2D eigenvalue weighted by atomic mass is 16.5. The Kier molecular flexibility index (Phi) is 3.61. The Balaban J connectivity index is 2.09. The van der Waals surface area contributed by atoms with Crippen molar-refractivity contribution in [2.75, 3.05) is 6.61 Å². The van der Waals surface area contributed by atoms with Crippen LogP contribution in [-0.2, 0) is 0 Å². The Morgan fingerprint density at radius 3 is 2.50 bits per heavy atom. The van der Waals surface area contributed by atoms with Crippen molar-refractivity contribution in [3.8, 4) is 17.3 Å². The van der Waals surface area contributed by atoms with Crippen LogP contribution in [0.3, 0.4) is 0 Å². The third-order valence-corrected chi connectivity index (χ3v) is 3.09. The van der Waals surface area contributed by atoms with Crippen molar-refractivity contribution in [1.29, 1.82) is 0 Å². The molecule has 0 saturated carbocycles. The van der Waals surface area contributed by atoms with Crippen molar-refractivity contribution < 1.29 is 14.6 Å². The van der Waals surface area contributed by atoms with Crippen LogP contribution in [0.5, 0.6) is 5.75 Å². The smallest absolute Gasteiger partial charge is 0.360 e. The minimum absolute atomic E-state index is 0.106. The summed E-state index contributed by atoms with van der Waals surface area (Å²) in [6, 6.07) is 10.8. The fourth-order valence-electron chi connectivity index (χ4n) is 2.15. The van der Waals surface area contributed by atoms with Gasteiger partial charge in [-0.1, -0.05) is 5.21 Å². The van der Waals surface area contributed by atoms with Gasteiger partial charge >= 0.3 is 5.97 Å². The molecule has 3 aromatic rings. The number of carbonyl (C=O) groups is 1. The Hall–Kier alpha value is -3.09. The van der Waals surface area contributed by atoms with E-state index in [1.807, 2.05) is 6.92 Å². The highest BCUT2D eigenvalue weighted by molar-refractivity contribution is 5.89. The van der Waals surface area contributed by atoms with Gasteiger partial charge in [-0.2, -0.15) is 4.68 Å². The zero-order valence-corrected chi connectivity index (χ0v) is 11.9. The summed E-state index contributed by atoms with van der Waals surface area (Å²) in [5.41, 5.74) is 0.595. The van der Waals surface area contributed by atoms with Crippen LogP contribution in [0.4, 0.5) is 0 Å². The van der Waals surface area contributed by atoms with Crippen LogP contribution in [0.25, 0.3) is 11.5 Å². The number of aromatic nitrogens is 4. The summed E-state index contributed by atoms with van der Waals surface area (Å²) in [5, 5.41) is 17.0. The second kappa shape index (κ2) is 5.72. The second-order valence-corrected chi connectivity index (χ2v) is 4.50. The molecular weight excluding hydrogens is 284 g/mol. The van der Waals surface area contributed by atoms with Crippen LogP contribution in [0.1, 0.15) is 17.4 Å². The van der Waals surface area contributed by atoms with E-state index < -0.39 is 5.97 Å². The zero-order valence-electron chi connectivity index (χ0n) is 11.9. The maximum Gasteiger partial charge on any atom is 0.360 e. The van der Waals surface area contributed by atoms with E-state index >= 15 is 0 Å². The monoisotopic (exact) mass is 298 g/mol. The molecule has 22 heavy (non-hydrogen) atoms. The lowest BCUT2D eigenvalue weighted by molar-refractivity contribution is 0.0690. The normalized spacial score (nSPS) is 10.6. The number of hydrogen-bond acceptors (Lipinski definition) is 4. The van der Waals surface area contributed by atoms with Gasteiger partial charge in [0, 0.05) is 12.4 Å². The van der Waals surface area contributed by atoms with E-state index in [9.17, 15) is 9.90 Å². The van der Waals surface area contributed by atoms with E-state index in [-0.39, 0.29) is 5.69 Å². The zero-order chi connectivity index (χ0) is 15.5. The first kappa shape index (κ1) is 13.9. The second-order valence-electron chi connectivity index (χ2n) is 4.50. The molecule has 0 amide bonds. The number of carboxylic acids is 1. The largest absolute Gasteiger partial charge is 0.494 e. The molecule has 0 saturated heterocycles. The summed E-state index contributed by atoms with van der Waals surface area (Å²) in [6.45, 7) is 2.50. The highest BCUT2D eigenvalue weighted by Gasteiger charge is 2.21. The van der Waals surface area contributed by atoms with Crippen LogP contribution in [0.15, 0.2) is 48.8 Å². The fourth-order valence-corrected chi connectivity index (χ4v) is 2.15. The van der Waals surface area contributed by atoms with Gasteiger partial charge in [-0.15, -0.1) is 5.10 Å². The lowest BCUT2D eigenvalue weighted by atomic mass is 10.3. The summed E-state index contributed by atoms with van der Waals surface area (Å²) < 4.78 is 8.55. The fraction of sp³-hybridized carbons (Fsp3) is 0.133. The standard InChI is InChI=1S/C15H14N4O3/c1-2-22-12-7-5-11(6-8-12)19-14(18-9-3-4-10-18)13(15(20)21)16-17-19/h3-10H,2H2,1H3,(H,20,21). The lowest BCUT2D eigenvalue weighted by Crippen LogP contribution is -2.08. The molecule has 0 spiro atoms. The first-order valence-corrected chi connectivity index (χ1v) is 6.76. The van der Waals surface area contributed by atoms with Gasteiger partial charge in [-0.25, -0.2) is 4.79 Å². The average molecular weight is 298 g/mol. The van der Waals surface area contributed by atoms with E-state index in [1.54, 1.807) is 53.4 Å². The van der Waals surface area contributed by atoms with Crippen LogP contribution in [0.2, 0.25) is 0 Å². The molecule has 7 heteroatoms. The average Bonchev–Trinajstić information content (AvgIpc) is 3.17. The maximum atomic E-state index is 11.4. The van der Waals surface area contributed by atoms with E-state index in [2.05, 4.69) is 10.3 Å². The summed E-state index contributed by atoms with van der Waals surface area (Å²) in [4.78, 5) is 11.4. The molecule has 112 valence electrons. The number of ether oxygens (including phenoxy) is 1. The Bertz CT molecular complexity index is 776. The van der Waals surface area contributed by atoms with Gasteiger partial charge in [0.2, 0.25) is 5.69 Å². The van der Waals surface area contributed by atoms with Crippen LogP contribution < -0.4 is 4.74 Å². The molecule has 0 radical (unpaired) electrons. The van der Waals surface area contributed by atoms with Crippen molar-refractivity contribution in [1.82, 2.24) is 19.6 Å². The number of rotatable bonds is 5. The van der Waals surface area contributed by atoms with E-state index in [0.29, 0.717) is 18.1 Å². The Morgan fingerprint density at radius 1 is 1.23 bits per heavy atom. The molecule has 0 bridgehead atoms. The van der Waals surface area contributed by atoms with Crippen molar-refractivity contribution in [2.24, 2.45) is 0 Å². The van der Waals surface area contributed by atoms with Gasteiger partial charge < -0.3 is 14.4 Å². The summed E-state index contributed by atoms with van der Waals surface area (Å²) >= 11 is 0. The number of carboxylic acid groups (broad SMARTS) is 1. The van der Waals surface area contributed by atoms with Crippen molar-refractivity contribution in [3.05, 3.63) is 54.5 Å². The number of aromatic carboxylic acids is 1. The molecule has 7 nitrogen and oxygen atoms in total. The van der Waals surface area contributed by atoms with Gasteiger partial charge in [0.1, 0.15) is 5.75 Å². The maximum absolute atomic E-state index is 11.4. The minimum atomic E-state index is -1.12. The third kappa shape index (κ3) is 2.44. The quantitative estimate of drug-likeness (QED) is 0.780. The number of nitrogens with zero attached hydrogens (tertiary/aromatic N) is 4. The van der Waals surface area contributed by atoms with Crippen molar-refractivity contribution in [3.63, 3.8) is 0 Å². The molecule has 0 unspecified atom stereocenters. The SMILES string of the molecule is CCOc1ccc(-n2nnc(C(=O)O)c2-n2cccc2)cc1. The van der Waals surface area contributed by atoms with Gasteiger partial charge in [-0.05, 0) is 43.3 Å². The summed E-state index contributed by atoms with van der Waals surface area (Å²) in [5.74, 6) is -0.00474. The van der Waals surface area contributed by atoms with E-state index in [4.69, 9.17) is 4.74 Å². The van der Waals surface area contributed by atoms with Gasteiger partial charge in [0.25, 0.3) is 0 Å². The molecule has 2 aromatic heterocycles. The predicted molar refractivity (Wildman–Crippen MR) is 78.8 cm³/mol. The Labute approximate surface area is 126 Å². The summed E-state index contributed by atoms with van der Waals surface area (Å²) in [7, 11) is 0. The van der Waals surface area contributed by atoms with Crippen molar-refractivity contribution in [2.45, 2.75) is 6.92 Å². The molecule has 0 aliphatic carbocycles. The molecule has 0 aliphatic rings. The topological polar surface area (TPSA) is 82.2 Å². The molecule has 1 N–H and O–H groups in total. The van der Waals surface area contributed by atoms with Gasteiger partial charge in [0.05, 0.1) is 12.3 Å². The van der Waals surface area contributed by atoms with Gasteiger partial charge in [0.15, 0.2) is 5.82 Å². The first-order chi connectivity index (χ1) is 10.7. The first-order valence-electron chi connectivity index (χ1n) is 6.76. The molecule has 0 atom stereocenters. The van der Waals surface area contributed by atoms with Gasteiger partial charge in [-0.3, -0.25) is 0 Å². The van der Waals surface area contributed by atoms with Crippen LogP contribution in [-0.4, -0.2) is 37.2 Å². The summed E-state index contributed by atoms with van der Waals surface area (Å²) in [6.07, 6.45) is 3.49. The molecule has 0 fully saturated rings. The van der Waals surface area contributed by atoms with Crippen LogP contribution in [0, 0.1) is 0 Å². The minimum Gasteiger partial charge on any atom is -0.494 e. The van der Waals surface area contributed by atoms with E-state index in [1.165, 1.54) is 4.68 Å².